The molecule has 2 aliphatic rings. The van der Waals surface area contributed by atoms with E-state index in [-0.39, 0.29) is 5.41 Å². The van der Waals surface area contributed by atoms with Crippen molar-refractivity contribution in [2.24, 2.45) is 11.8 Å². The summed E-state index contributed by atoms with van der Waals surface area (Å²) in [6, 6.07) is 15.3. The van der Waals surface area contributed by atoms with Gasteiger partial charge < -0.3 is 10.2 Å². The Kier molecular flexibility index (Phi) is 2.75. The highest BCUT2D eigenvalue weighted by molar-refractivity contribution is 5.53. The van der Waals surface area contributed by atoms with E-state index in [9.17, 15) is 10.2 Å². The highest BCUT2D eigenvalue weighted by atomic mass is 16.3. The zero-order chi connectivity index (χ0) is 14.4. The van der Waals surface area contributed by atoms with Crippen LogP contribution in [0.4, 0.5) is 0 Å². The Bertz CT molecular complexity index is 631. The van der Waals surface area contributed by atoms with Crippen LogP contribution in [0, 0.1) is 11.8 Å². The third-order valence-electron chi connectivity index (χ3n) is 5.62. The maximum atomic E-state index is 10.4. The molecule has 4 rings (SSSR count). The molecule has 0 aromatic heterocycles. The minimum atomic E-state index is -0.223. The van der Waals surface area contributed by atoms with Gasteiger partial charge in [-0.05, 0) is 43.2 Å². The van der Waals surface area contributed by atoms with Gasteiger partial charge in [0.25, 0.3) is 0 Å². The summed E-state index contributed by atoms with van der Waals surface area (Å²) in [5.41, 5.74) is 1.75. The fraction of sp³-hybridized carbons (Fsp3) is 0.368. The van der Waals surface area contributed by atoms with Gasteiger partial charge in [0.1, 0.15) is 11.5 Å². The molecule has 2 heteroatoms. The molecule has 2 saturated carbocycles. The number of hydrogen-bond donors (Lipinski definition) is 2. The monoisotopic (exact) mass is 280 g/mol. The van der Waals surface area contributed by atoms with Gasteiger partial charge >= 0.3 is 0 Å². The van der Waals surface area contributed by atoms with Crippen LogP contribution in [0.1, 0.15) is 36.8 Å². The van der Waals surface area contributed by atoms with Crippen molar-refractivity contribution in [1.29, 1.82) is 0 Å². The fourth-order valence-electron chi connectivity index (χ4n) is 4.84. The van der Waals surface area contributed by atoms with Crippen molar-refractivity contribution < 1.29 is 10.2 Å². The Labute approximate surface area is 125 Å². The Morgan fingerprint density at radius 3 is 1.81 bits per heavy atom. The van der Waals surface area contributed by atoms with Gasteiger partial charge in [0.15, 0.2) is 0 Å². The van der Waals surface area contributed by atoms with E-state index in [1.54, 1.807) is 12.1 Å². The second-order valence-corrected chi connectivity index (χ2v) is 6.59. The molecular weight excluding hydrogens is 260 g/mol. The number of para-hydroxylation sites is 2. The molecule has 0 saturated heterocycles. The predicted octanol–water partition coefficient (Wildman–Crippen LogP) is 4.20. The largest absolute Gasteiger partial charge is 0.508 e. The lowest BCUT2D eigenvalue weighted by Gasteiger charge is -2.39. The normalized spacial score (nSPS) is 26.1. The smallest absolute Gasteiger partial charge is 0.119 e. The van der Waals surface area contributed by atoms with E-state index in [4.69, 9.17) is 0 Å². The first-order chi connectivity index (χ1) is 10.2. The van der Waals surface area contributed by atoms with Crippen LogP contribution in [-0.2, 0) is 5.41 Å². The minimum absolute atomic E-state index is 0.223. The first-order valence-electron chi connectivity index (χ1n) is 7.79. The Hall–Kier alpha value is -1.96. The van der Waals surface area contributed by atoms with Crippen molar-refractivity contribution in [2.45, 2.75) is 31.1 Å². The zero-order valence-electron chi connectivity index (χ0n) is 12.0. The number of fused-ring (bicyclic) bond motifs is 2. The van der Waals surface area contributed by atoms with Crippen LogP contribution in [0.3, 0.4) is 0 Å². The van der Waals surface area contributed by atoms with Crippen molar-refractivity contribution >= 4 is 0 Å². The molecule has 2 aliphatic carbocycles. The molecule has 2 fully saturated rings. The molecule has 2 atom stereocenters. The second kappa shape index (κ2) is 4.52. The molecule has 2 N–H and O–H groups in total. The van der Waals surface area contributed by atoms with Gasteiger partial charge in [-0.25, -0.2) is 0 Å². The molecule has 108 valence electrons. The van der Waals surface area contributed by atoms with Gasteiger partial charge in [0, 0.05) is 16.5 Å². The molecule has 21 heavy (non-hydrogen) atoms. The lowest BCUT2D eigenvalue weighted by atomic mass is 9.64. The minimum Gasteiger partial charge on any atom is -0.508 e. The topological polar surface area (TPSA) is 40.5 Å². The molecule has 0 radical (unpaired) electrons. The van der Waals surface area contributed by atoms with Crippen molar-refractivity contribution in [2.75, 3.05) is 0 Å². The molecule has 0 aliphatic heterocycles. The summed E-state index contributed by atoms with van der Waals surface area (Å²) in [4.78, 5) is 0. The van der Waals surface area contributed by atoms with Crippen LogP contribution >= 0.6 is 0 Å². The van der Waals surface area contributed by atoms with Crippen LogP contribution in [-0.4, -0.2) is 10.2 Å². The SMILES string of the molecule is Oc1ccccc1C1(c2ccccc2O)CC2CCC1C2. The van der Waals surface area contributed by atoms with Gasteiger partial charge in [-0.3, -0.25) is 0 Å². The predicted molar refractivity (Wildman–Crippen MR) is 82.4 cm³/mol. The molecule has 0 heterocycles. The standard InChI is InChI=1S/C19H20O2/c20-17-7-3-1-5-15(17)19(12-13-9-10-14(19)11-13)16-6-2-4-8-18(16)21/h1-8,13-14,20-21H,9-12H2. The van der Waals surface area contributed by atoms with Crippen LogP contribution in [0.15, 0.2) is 48.5 Å². The average Bonchev–Trinajstić information content (AvgIpc) is 3.09. The summed E-state index contributed by atoms with van der Waals surface area (Å²) in [6.45, 7) is 0. The van der Waals surface area contributed by atoms with Gasteiger partial charge in [0.05, 0.1) is 0 Å². The third-order valence-corrected chi connectivity index (χ3v) is 5.62. The quantitative estimate of drug-likeness (QED) is 0.865. The summed E-state index contributed by atoms with van der Waals surface area (Å²) >= 11 is 0. The lowest BCUT2D eigenvalue weighted by Crippen LogP contribution is -2.34. The number of hydrogen-bond acceptors (Lipinski definition) is 2. The number of rotatable bonds is 2. The maximum absolute atomic E-state index is 10.4. The zero-order valence-corrected chi connectivity index (χ0v) is 12.0. The van der Waals surface area contributed by atoms with Gasteiger partial charge in [-0.2, -0.15) is 0 Å². The van der Waals surface area contributed by atoms with E-state index in [2.05, 4.69) is 0 Å². The Morgan fingerprint density at radius 1 is 0.810 bits per heavy atom. The highest BCUT2D eigenvalue weighted by Crippen LogP contribution is 2.62. The number of phenols is 2. The van der Waals surface area contributed by atoms with Crippen molar-refractivity contribution in [3.8, 4) is 11.5 Å². The molecule has 2 nitrogen and oxygen atoms in total. The van der Waals surface area contributed by atoms with Crippen molar-refractivity contribution in [1.82, 2.24) is 0 Å². The van der Waals surface area contributed by atoms with Gasteiger partial charge in [-0.1, -0.05) is 42.8 Å². The molecular formula is C19H20O2. The van der Waals surface area contributed by atoms with E-state index >= 15 is 0 Å². The number of benzene rings is 2. The molecule has 0 spiro atoms. The molecule has 2 unspecified atom stereocenters. The van der Waals surface area contributed by atoms with Crippen LogP contribution in [0.25, 0.3) is 0 Å². The van der Waals surface area contributed by atoms with Crippen LogP contribution in [0.2, 0.25) is 0 Å². The average molecular weight is 280 g/mol. The first kappa shape index (κ1) is 12.8. The van der Waals surface area contributed by atoms with Crippen LogP contribution in [0.5, 0.6) is 11.5 Å². The van der Waals surface area contributed by atoms with Crippen LogP contribution < -0.4 is 0 Å². The maximum Gasteiger partial charge on any atom is 0.119 e. The molecule has 0 amide bonds. The first-order valence-corrected chi connectivity index (χ1v) is 7.79. The van der Waals surface area contributed by atoms with E-state index in [0.717, 1.165) is 17.5 Å². The Morgan fingerprint density at radius 2 is 1.38 bits per heavy atom. The third kappa shape index (κ3) is 1.71. The van der Waals surface area contributed by atoms with Crippen molar-refractivity contribution in [3.05, 3.63) is 59.7 Å². The highest BCUT2D eigenvalue weighted by Gasteiger charge is 2.54. The van der Waals surface area contributed by atoms with Crippen molar-refractivity contribution in [3.63, 3.8) is 0 Å². The molecule has 2 aromatic carbocycles. The van der Waals surface area contributed by atoms with Gasteiger partial charge in [0.2, 0.25) is 0 Å². The molecule has 2 bridgehead atoms. The van der Waals surface area contributed by atoms with Gasteiger partial charge in [-0.15, -0.1) is 0 Å². The van der Waals surface area contributed by atoms with E-state index in [0.29, 0.717) is 23.3 Å². The van der Waals surface area contributed by atoms with E-state index in [1.165, 1.54) is 19.3 Å². The second-order valence-electron chi connectivity index (χ2n) is 6.59. The van der Waals surface area contributed by atoms with E-state index < -0.39 is 0 Å². The summed E-state index contributed by atoms with van der Waals surface area (Å²) in [6.07, 6.45) is 4.72. The fourth-order valence-corrected chi connectivity index (χ4v) is 4.84. The number of aromatic hydroxyl groups is 2. The molecule has 2 aromatic rings. The summed E-state index contributed by atoms with van der Waals surface area (Å²) in [7, 11) is 0. The Balaban J connectivity index is 1.97. The van der Waals surface area contributed by atoms with E-state index in [1.807, 2.05) is 36.4 Å². The number of phenolic OH excluding ortho intramolecular Hbond substituents is 2. The summed E-state index contributed by atoms with van der Waals surface area (Å²) in [5.74, 6) is 1.94. The lowest BCUT2D eigenvalue weighted by molar-refractivity contribution is 0.299. The summed E-state index contributed by atoms with van der Waals surface area (Å²) in [5, 5.41) is 20.9. The summed E-state index contributed by atoms with van der Waals surface area (Å²) < 4.78 is 0.